The Kier molecular flexibility index (Phi) is 5.61. The Morgan fingerprint density at radius 2 is 1.62 bits per heavy atom. The van der Waals surface area contributed by atoms with Crippen LogP contribution < -0.4 is 0 Å². The third kappa shape index (κ3) is 3.36. The lowest BCUT2D eigenvalue weighted by atomic mass is 9.31. The normalized spacial score (nSPS) is 47.9. The number of carboxylic acid groups (broad SMARTS) is 1. The van der Waals surface area contributed by atoms with Crippen LogP contribution in [0.25, 0.3) is 0 Å². The molecule has 1 N–H and O–H groups in total. The molecule has 37 heavy (non-hydrogen) atoms. The van der Waals surface area contributed by atoms with Crippen LogP contribution in [0.15, 0.2) is 11.6 Å². The first-order valence-corrected chi connectivity index (χ1v) is 14.4. The van der Waals surface area contributed by atoms with E-state index in [1.54, 1.807) is 0 Å². The third-order valence-corrected chi connectivity index (χ3v) is 13.1. The van der Waals surface area contributed by atoms with Crippen molar-refractivity contribution in [3.8, 4) is 6.07 Å². The van der Waals surface area contributed by atoms with Crippen LogP contribution in [0, 0.1) is 67.5 Å². The molecule has 0 saturated heterocycles. The lowest BCUT2D eigenvalue weighted by Crippen LogP contribution is -2.68. The number of fused-ring (bicyclic) bond motifs is 7. The van der Waals surface area contributed by atoms with E-state index in [4.69, 9.17) is 0 Å². The Labute approximate surface area is 222 Å². The van der Waals surface area contributed by atoms with Crippen molar-refractivity contribution in [2.45, 2.75) is 106 Å². The van der Waals surface area contributed by atoms with Crippen molar-refractivity contribution >= 4 is 17.5 Å². The number of ketones is 2. The maximum Gasteiger partial charge on any atom is 0.303 e. The number of carboxylic acids is 1. The number of nitriles is 1. The lowest BCUT2D eigenvalue weighted by Gasteiger charge is -2.72. The van der Waals surface area contributed by atoms with Gasteiger partial charge in [-0.1, -0.05) is 54.5 Å². The van der Waals surface area contributed by atoms with Crippen molar-refractivity contribution < 1.29 is 19.5 Å². The van der Waals surface area contributed by atoms with Gasteiger partial charge < -0.3 is 5.11 Å². The van der Waals surface area contributed by atoms with E-state index < -0.39 is 16.8 Å². The number of carbonyl (C=O) groups is 3. The summed E-state index contributed by atoms with van der Waals surface area (Å²) in [6.07, 6.45) is 9.00. The third-order valence-electron chi connectivity index (χ3n) is 13.1. The second-order valence-corrected chi connectivity index (χ2v) is 15.6. The van der Waals surface area contributed by atoms with Crippen LogP contribution in [0.2, 0.25) is 0 Å². The summed E-state index contributed by atoms with van der Waals surface area (Å²) in [5.74, 6) is -0.378. The molecule has 5 rings (SSSR count). The molecule has 2 unspecified atom stereocenters. The van der Waals surface area contributed by atoms with Gasteiger partial charge in [-0.25, -0.2) is 0 Å². The average molecular weight is 508 g/mol. The maximum atomic E-state index is 14.4. The highest BCUT2D eigenvalue weighted by atomic mass is 16.4. The summed E-state index contributed by atoms with van der Waals surface area (Å²) in [4.78, 5) is 39.7. The van der Waals surface area contributed by atoms with Gasteiger partial charge in [0.05, 0.1) is 12.0 Å². The molecule has 0 aromatic heterocycles. The number of Topliss-reactive ketones (excluding diaryl/α,β-unsaturated/α-hetero) is 2. The maximum absolute atomic E-state index is 14.4. The fourth-order valence-corrected chi connectivity index (χ4v) is 11.0. The van der Waals surface area contributed by atoms with Crippen molar-refractivity contribution in [3.63, 3.8) is 0 Å². The molecule has 202 valence electrons. The van der Waals surface area contributed by atoms with Crippen molar-refractivity contribution in [3.05, 3.63) is 11.6 Å². The summed E-state index contributed by atoms with van der Waals surface area (Å²) in [7, 11) is 0. The van der Waals surface area contributed by atoms with E-state index in [9.17, 15) is 24.8 Å². The number of aliphatic carboxylic acids is 1. The fourth-order valence-electron chi connectivity index (χ4n) is 11.0. The quantitative estimate of drug-likeness (QED) is 0.445. The van der Waals surface area contributed by atoms with Gasteiger partial charge in [-0.2, -0.15) is 5.26 Å². The zero-order chi connectivity index (χ0) is 27.4. The molecule has 5 aliphatic rings. The van der Waals surface area contributed by atoms with E-state index in [1.165, 1.54) is 0 Å². The number of allylic oxidation sites excluding steroid dienone is 2. The molecule has 0 heterocycles. The SMILES string of the molecule is CC1(C)CC[C@]2(CC(=O)O)CC[C@]3(C)C(C(=O)C[C@@H]4[C@@]5(C)C=C(C#N)C(=O)C(C)(C)[C@@H]5CC[C@]43C)C2C1. The number of hydrogen-bond acceptors (Lipinski definition) is 4. The summed E-state index contributed by atoms with van der Waals surface area (Å²) in [5.41, 5.74) is -1.32. The molecule has 0 amide bonds. The predicted octanol–water partition coefficient (Wildman–Crippen LogP) is 6.76. The molecular formula is C32H45NO4. The average Bonchev–Trinajstić information content (AvgIpc) is 2.78. The molecule has 0 aromatic carbocycles. The highest BCUT2D eigenvalue weighted by Gasteiger charge is 2.72. The van der Waals surface area contributed by atoms with Gasteiger partial charge in [0.25, 0.3) is 0 Å². The van der Waals surface area contributed by atoms with Crippen molar-refractivity contribution in [1.29, 1.82) is 5.26 Å². The van der Waals surface area contributed by atoms with E-state index in [-0.39, 0.29) is 63.1 Å². The van der Waals surface area contributed by atoms with Gasteiger partial charge in [0, 0.05) is 17.8 Å². The van der Waals surface area contributed by atoms with Gasteiger partial charge in [0.1, 0.15) is 11.9 Å². The Hall–Kier alpha value is -1.96. The zero-order valence-corrected chi connectivity index (χ0v) is 23.9. The van der Waals surface area contributed by atoms with E-state index in [0.717, 1.165) is 44.9 Å². The first-order valence-electron chi connectivity index (χ1n) is 14.4. The Balaban J connectivity index is 1.63. The van der Waals surface area contributed by atoms with Crippen LogP contribution in [-0.2, 0) is 14.4 Å². The van der Waals surface area contributed by atoms with Crippen molar-refractivity contribution in [2.24, 2.45) is 56.2 Å². The lowest BCUT2D eigenvalue weighted by molar-refractivity contribution is -0.224. The summed E-state index contributed by atoms with van der Waals surface area (Å²) < 4.78 is 0. The molecule has 0 radical (unpaired) electrons. The van der Waals surface area contributed by atoms with Gasteiger partial charge in [-0.3, -0.25) is 14.4 Å². The first kappa shape index (κ1) is 26.6. The Morgan fingerprint density at radius 3 is 2.24 bits per heavy atom. The first-order chi connectivity index (χ1) is 17.0. The van der Waals surface area contributed by atoms with Crippen molar-refractivity contribution in [2.75, 3.05) is 0 Å². The molecule has 8 atom stereocenters. The molecule has 4 fully saturated rings. The van der Waals surface area contributed by atoms with Crippen LogP contribution in [0.4, 0.5) is 0 Å². The van der Waals surface area contributed by atoms with Crippen LogP contribution in [0.5, 0.6) is 0 Å². The second kappa shape index (κ2) is 7.80. The smallest absolute Gasteiger partial charge is 0.303 e. The molecule has 5 aliphatic carbocycles. The minimum absolute atomic E-state index is 0.0619. The molecule has 0 aromatic rings. The molecule has 0 bridgehead atoms. The van der Waals surface area contributed by atoms with Crippen LogP contribution in [0.3, 0.4) is 0 Å². The van der Waals surface area contributed by atoms with E-state index in [0.29, 0.717) is 12.2 Å². The van der Waals surface area contributed by atoms with Crippen LogP contribution in [-0.4, -0.2) is 22.6 Å². The molecule has 4 saturated carbocycles. The largest absolute Gasteiger partial charge is 0.481 e. The number of hydrogen-bond donors (Lipinski definition) is 1. The Bertz CT molecular complexity index is 1140. The van der Waals surface area contributed by atoms with E-state index in [1.807, 2.05) is 19.9 Å². The second-order valence-electron chi connectivity index (χ2n) is 15.6. The van der Waals surface area contributed by atoms with Crippen LogP contribution >= 0.6 is 0 Å². The van der Waals surface area contributed by atoms with Crippen molar-refractivity contribution in [1.82, 2.24) is 0 Å². The van der Waals surface area contributed by atoms with E-state index >= 15 is 0 Å². The molecule has 5 heteroatoms. The summed E-state index contributed by atoms with van der Waals surface area (Å²) in [6, 6.07) is 2.19. The van der Waals surface area contributed by atoms with Gasteiger partial charge in [-0.15, -0.1) is 0 Å². The zero-order valence-electron chi connectivity index (χ0n) is 23.9. The number of nitrogens with zero attached hydrogens (tertiary/aromatic N) is 1. The van der Waals surface area contributed by atoms with Crippen LogP contribution in [0.1, 0.15) is 106 Å². The summed E-state index contributed by atoms with van der Waals surface area (Å²) in [6.45, 7) is 15.5. The highest BCUT2D eigenvalue weighted by Crippen LogP contribution is 2.76. The van der Waals surface area contributed by atoms with Gasteiger partial charge in [0.2, 0.25) is 0 Å². The summed E-state index contributed by atoms with van der Waals surface area (Å²) in [5, 5.41) is 19.8. The Morgan fingerprint density at radius 1 is 0.973 bits per heavy atom. The number of carbonyl (C=O) groups excluding carboxylic acids is 2. The molecule has 5 nitrogen and oxygen atoms in total. The van der Waals surface area contributed by atoms with Gasteiger partial charge in [-0.05, 0) is 89.8 Å². The molecular weight excluding hydrogens is 462 g/mol. The molecule has 0 spiro atoms. The topological polar surface area (TPSA) is 95.2 Å². The highest BCUT2D eigenvalue weighted by molar-refractivity contribution is 6.04. The monoisotopic (exact) mass is 507 g/mol. The van der Waals surface area contributed by atoms with E-state index in [2.05, 4.69) is 40.7 Å². The fraction of sp³-hybridized carbons (Fsp3) is 0.812. The van der Waals surface area contributed by atoms with Gasteiger partial charge >= 0.3 is 5.97 Å². The number of rotatable bonds is 2. The minimum Gasteiger partial charge on any atom is -0.481 e. The standard InChI is InChI=1S/C32H45NO4/c1-27(2)10-12-32(17-24(35)36)13-11-31(7)25(20(32)16-27)21(34)14-23-29(5)15-19(18-33)26(37)28(3,4)22(29)8-9-30(23,31)6/h15,20,22-23,25H,8-14,16-17H2,1-7H3,(H,35,36)/t20?,22-,23+,25?,29-,30+,31+,32+/m0/s1. The van der Waals surface area contributed by atoms with Gasteiger partial charge in [0.15, 0.2) is 5.78 Å². The molecule has 0 aliphatic heterocycles. The predicted molar refractivity (Wildman–Crippen MR) is 141 cm³/mol. The minimum atomic E-state index is -0.739. The summed E-state index contributed by atoms with van der Waals surface area (Å²) >= 11 is 0.